The molecule has 2 N–H and O–H groups in total. The molecule has 5 heteroatoms. The van der Waals surface area contributed by atoms with Gasteiger partial charge in [0.25, 0.3) is 5.91 Å². The molecule has 0 aliphatic rings. The van der Waals surface area contributed by atoms with Crippen LogP contribution in [0, 0.1) is 17.7 Å². The van der Waals surface area contributed by atoms with E-state index in [1.165, 1.54) is 17.4 Å². The minimum absolute atomic E-state index is 0.219. The second kappa shape index (κ2) is 7.02. The van der Waals surface area contributed by atoms with E-state index >= 15 is 0 Å². The maximum atomic E-state index is 13.6. The van der Waals surface area contributed by atoms with Gasteiger partial charge < -0.3 is 10.4 Å². The number of thiophene rings is 1. The molecule has 0 radical (unpaired) electrons. The van der Waals surface area contributed by atoms with Crippen LogP contribution in [0.2, 0.25) is 0 Å². The minimum Gasteiger partial charge on any atom is -0.384 e. The van der Waals surface area contributed by atoms with Crippen molar-refractivity contribution in [2.75, 3.05) is 6.61 Å². The first-order chi connectivity index (χ1) is 10.1. The summed E-state index contributed by atoms with van der Waals surface area (Å²) in [4.78, 5) is 13.3. The molecule has 2 rings (SSSR count). The first-order valence-corrected chi connectivity index (χ1v) is 7.18. The van der Waals surface area contributed by atoms with Gasteiger partial charge in [0.1, 0.15) is 12.4 Å². The van der Waals surface area contributed by atoms with Crippen LogP contribution >= 0.6 is 11.3 Å². The van der Waals surface area contributed by atoms with Gasteiger partial charge in [0, 0.05) is 5.56 Å². The lowest BCUT2D eigenvalue weighted by Crippen LogP contribution is -2.26. The van der Waals surface area contributed by atoms with Crippen LogP contribution in [-0.4, -0.2) is 17.6 Å². The molecule has 1 aromatic heterocycles. The number of amides is 1. The Morgan fingerprint density at radius 1 is 1.38 bits per heavy atom. The number of hydrogen-bond acceptors (Lipinski definition) is 3. The average molecular weight is 303 g/mol. The summed E-state index contributed by atoms with van der Waals surface area (Å²) in [6.07, 6.45) is 0. The summed E-state index contributed by atoms with van der Waals surface area (Å²) in [6.45, 7) is 1.51. The fraction of sp³-hybridized carbons (Fsp3) is 0.188. The molecule has 108 valence electrons. The molecule has 1 unspecified atom stereocenters. The zero-order valence-corrected chi connectivity index (χ0v) is 12.2. The summed E-state index contributed by atoms with van der Waals surface area (Å²) in [5, 5.41) is 11.4. The van der Waals surface area contributed by atoms with E-state index in [1.54, 1.807) is 37.3 Å². The third-order valence-electron chi connectivity index (χ3n) is 2.84. The monoisotopic (exact) mass is 303 g/mol. The van der Waals surface area contributed by atoms with Crippen LogP contribution in [0.3, 0.4) is 0 Å². The predicted octanol–water partition coefficient (Wildman–Crippen LogP) is 2.72. The lowest BCUT2D eigenvalue weighted by molar-refractivity contribution is 0.0943. The van der Waals surface area contributed by atoms with E-state index in [-0.39, 0.29) is 18.3 Å². The molecular weight excluding hydrogens is 289 g/mol. The van der Waals surface area contributed by atoms with Crippen LogP contribution in [0.5, 0.6) is 0 Å². The van der Waals surface area contributed by atoms with Gasteiger partial charge in [0.2, 0.25) is 0 Å². The van der Waals surface area contributed by atoms with Gasteiger partial charge in [-0.25, -0.2) is 4.39 Å². The zero-order chi connectivity index (χ0) is 15.2. The molecule has 0 bridgehead atoms. The van der Waals surface area contributed by atoms with Gasteiger partial charge in [0.05, 0.1) is 15.8 Å². The highest BCUT2D eigenvalue weighted by Crippen LogP contribution is 2.19. The van der Waals surface area contributed by atoms with Crippen molar-refractivity contribution < 1.29 is 14.3 Å². The van der Waals surface area contributed by atoms with E-state index in [2.05, 4.69) is 17.2 Å². The second-order valence-electron chi connectivity index (χ2n) is 4.34. The maximum Gasteiger partial charge on any atom is 0.261 e. The van der Waals surface area contributed by atoms with E-state index < -0.39 is 6.04 Å². The summed E-state index contributed by atoms with van der Waals surface area (Å²) in [5.41, 5.74) is 0.447. The fourth-order valence-corrected chi connectivity index (χ4v) is 2.61. The van der Waals surface area contributed by atoms with E-state index in [1.807, 2.05) is 0 Å². The molecule has 0 saturated heterocycles. The highest BCUT2D eigenvalue weighted by Gasteiger charge is 2.15. The smallest absolute Gasteiger partial charge is 0.261 e. The van der Waals surface area contributed by atoms with E-state index in [9.17, 15) is 9.18 Å². The Morgan fingerprint density at radius 3 is 2.86 bits per heavy atom. The van der Waals surface area contributed by atoms with Gasteiger partial charge in [-0.15, -0.1) is 11.3 Å². The Morgan fingerprint density at radius 2 is 2.14 bits per heavy atom. The quantitative estimate of drug-likeness (QED) is 0.857. The predicted molar refractivity (Wildman–Crippen MR) is 80.6 cm³/mol. The molecule has 0 fully saturated rings. The van der Waals surface area contributed by atoms with Crippen LogP contribution < -0.4 is 5.32 Å². The SMILES string of the molecule is CC(NC(=O)c1ccc(C#CCO)s1)c1ccccc1F. The van der Waals surface area contributed by atoms with Crippen LogP contribution in [0.4, 0.5) is 4.39 Å². The van der Waals surface area contributed by atoms with Gasteiger partial charge in [-0.05, 0) is 25.1 Å². The third kappa shape index (κ3) is 3.91. The second-order valence-corrected chi connectivity index (χ2v) is 5.42. The normalized spacial score (nSPS) is 11.4. The Balaban J connectivity index is 2.07. The van der Waals surface area contributed by atoms with Crippen molar-refractivity contribution in [3.63, 3.8) is 0 Å². The molecule has 0 saturated carbocycles. The first kappa shape index (κ1) is 15.2. The topological polar surface area (TPSA) is 49.3 Å². The largest absolute Gasteiger partial charge is 0.384 e. The maximum absolute atomic E-state index is 13.6. The lowest BCUT2D eigenvalue weighted by atomic mass is 10.1. The standard InChI is InChI=1S/C16H14FNO2S/c1-11(13-6-2-3-7-14(13)17)18-16(20)15-9-8-12(21-15)5-4-10-19/h2-3,6-9,11,19H,10H2,1H3,(H,18,20). The van der Waals surface area contributed by atoms with E-state index in [0.717, 1.165) is 0 Å². The fourth-order valence-electron chi connectivity index (χ4n) is 1.83. The summed E-state index contributed by atoms with van der Waals surface area (Å²) in [5.74, 6) is 4.66. The number of carbonyl (C=O) groups excluding carboxylic acids is 1. The highest BCUT2D eigenvalue weighted by atomic mass is 32.1. The minimum atomic E-state index is -0.423. The van der Waals surface area contributed by atoms with Crippen molar-refractivity contribution in [2.45, 2.75) is 13.0 Å². The van der Waals surface area contributed by atoms with Crippen LogP contribution in [-0.2, 0) is 0 Å². The van der Waals surface area contributed by atoms with Gasteiger partial charge in [-0.2, -0.15) is 0 Å². The Kier molecular flexibility index (Phi) is 5.09. The lowest BCUT2D eigenvalue weighted by Gasteiger charge is -2.14. The summed E-state index contributed by atoms with van der Waals surface area (Å²) >= 11 is 1.23. The number of aliphatic hydroxyl groups excluding tert-OH is 1. The van der Waals surface area contributed by atoms with Crippen LogP contribution in [0.1, 0.15) is 33.1 Å². The number of halogens is 1. The number of hydrogen-bond donors (Lipinski definition) is 2. The molecule has 1 heterocycles. The van der Waals surface area contributed by atoms with Gasteiger partial charge in [-0.1, -0.05) is 30.0 Å². The third-order valence-corrected chi connectivity index (χ3v) is 3.84. The Bertz CT molecular complexity index is 700. The van der Waals surface area contributed by atoms with Gasteiger partial charge in [-0.3, -0.25) is 4.79 Å². The number of nitrogens with one attached hydrogen (secondary N) is 1. The molecule has 2 aromatic rings. The van der Waals surface area contributed by atoms with Crippen molar-refractivity contribution in [1.29, 1.82) is 0 Å². The van der Waals surface area contributed by atoms with Crippen molar-refractivity contribution >= 4 is 17.2 Å². The van der Waals surface area contributed by atoms with E-state index in [4.69, 9.17) is 5.11 Å². The van der Waals surface area contributed by atoms with Gasteiger partial charge >= 0.3 is 0 Å². The molecule has 1 aromatic carbocycles. The highest BCUT2D eigenvalue weighted by molar-refractivity contribution is 7.14. The molecule has 1 amide bonds. The molecule has 3 nitrogen and oxygen atoms in total. The van der Waals surface area contributed by atoms with Crippen LogP contribution in [0.15, 0.2) is 36.4 Å². The number of benzene rings is 1. The van der Waals surface area contributed by atoms with Crippen molar-refractivity contribution in [2.24, 2.45) is 0 Å². The Hall–Kier alpha value is -2.16. The van der Waals surface area contributed by atoms with Crippen LogP contribution in [0.25, 0.3) is 0 Å². The summed E-state index contributed by atoms with van der Waals surface area (Å²) in [6, 6.07) is 9.31. The van der Waals surface area contributed by atoms with Crippen molar-refractivity contribution in [3.05, 3.63) is 57.5 Å². The average Bonchev–Trinajstić information content (AvgIpc) is 2.94. The summed E-state index contributed by atoms with van der Waals surface area (Å²) in [7, 11) is 0. The van der Waals surface area contributed by atoms with Crippen molar-refractivity contribution in [1.82, 2.24) is 5.32 Å². The first-order valence-electron chi connectivity index (χ1n) is 6.36. The molecule has 21 heavy (non-hydrogen) atoms. The van der Waals surface area contributed by atoms with Gasteiger partial charge in [0.15, 0.2) is 0 Å². The molecular formula is C16H14FNO2S. The zero-order valence-electron chi connectivity index (χ0n) is 11.4. The molecule has 0 spiro atoms. The number of aliphatic hydroxyl groups is 1. The van der Waals surface area contributed by atoms with E-state index in [0.29, 0.717) is 15.3 Å². The Labute approximate surface area is 126 Å². The molecule has 1 atom stereocenters. The molecule has 0 aliphatic carbocycles. The number of rotatable bonds is 3. The summed E-state index contributed by atoms with van der Waals surface area (Å²) < 4.78 is 13.6. The van der Waals surface area contributed by atoms with Crippen molar-refractivity contribution in [3.8, 4) is 11.8 Å². The number of carbonyl (C=O) groups is 1. The molecule has 0 aliphatic heterocycles.